The summed E-state index contributed by atoms with van der Waals surface area (Å²) in [6, 6.07) is 9.42. The average molecular weight is 361 g/mol. The third-order valence-electron chi connectivity index (χ3n) is 5.57. The lowest BCUT2D eigenvalue weighted by atomic mass is 9.86. The molecule has 1 atom stereocenters. The van der Waals surface area contributed by atoms with E-state index < -0.39 is 5.60 Å². The van der Waals surface area contributed by atoms with Crippen molar-refractivity contribution in [3.8, 4) is 0 Å². The lowest BCUT2D eigenvalue weighted by molar-refractivity contribution is 0.0602. The van der Waals surface area contributed by atoms with Crippen molar-refractivity contribution in [2.45, 2.75) is 32.8 Å². The van der Waals surface area contributed by atoms with Crippen LogP contribution in [0.25, 0.3) is 11.1 Å². The minimum atomic E-state index is -1.58. The summed E-state index contributed by atoms with van der Waals surface area (Å²) in [6.45, 7) is 6.26. The number of rotatable bonds is 1. The van der Waals surface area contributed by atoms with Crippen molar-refractivity contribution in [3.63, 3.8) is 0 Å². The molecule has 0 amide bonds. The topological polar surface area (TPSA) is 78.9 Å². The molecule has 1 fully saturated rings. The predicted octanol–water partition coefficient (Wildman–Crippen LogP) is 3.62. The number of hydrogen-bond donors (Lipinski definition) is 1. The summed E-state index contributed by atoms with van der Waals surface area (Å²) in [4.78, 5) is 24.0. The molecular weight excluding hydrogens is 342 g/mol. The number of carbonyl (C=O) groups is 1. The molecule has 6 nitrogen and oxygen atoms in total. The Balaban J connectivity index is 1.66. The van der Waals surface area contributed by atoms with E-state index in [-0.39, 0.29) is 5.78 Å². The van der Waals surface area contributed by atoms with Crippen molar-refractivity contribution < 1.29 is 14.3 Å². The van der Waals surface area contributed by atoms with E-state index >= 15 is 0 Å². The maximum absolute atomic E-state index is 13.1. The van der Waals surface area contributed by atoms with Crippen LogP contribution in [0.2, 0.25) is 0 Å². The molecule has 136 valence electrons. The van der Waals surface area contributed by atoms with E-state index in [1.165, 1.54) is 0 Å². The Bertz CT molecular complexity index is 1160. The fraction of sp³-hybridized carbons (Fsp3) is 0.286. The van der Waals surface area contributed by atoms with Crippen LogP contribution in [-0.2, 0) is 0 Å². The Morgan fingerprint density at radius 1 is 1.15 bits per heavy atom. The van der Waals surface area contributed by atoms with E-state index in [1.54, 1.807) is 6.92 Å². The highest BCUT2D eigenvalue weighted by Gasteiger charge is 2.52. The first kappa shape index (κ1) is 16.2. The fourth-order valence-electron chi connectivity index (χ4n) is 3.94. The number of aryl methyl sites for hydroxylation is 3. The number of aliphatic hydroxyl groups is 1. The Morgan fingerprint density at radius 2 is 1.93 bits per heavy atom. The number of anilines is 1. The van der Waals surface area contributed by atoms with Gasteiger partial charge < -0.3 is 14.4 Å². The van der Waals surface area contributed by atoms with E-state index in [9.17, 15) is 9.90 Å². The van der Waals surface area contributed by atoms with Gasteiger partial charge in [0.2, 0.25) is 5.78 Å². The molecule has 1 aromatic heterocycles. The van der Waals surface area contributed by atoms with Crippen LogP contribution in [0.15, 0.2) is 39.7 Å². The maximum Gasteiger partial charge on any atom is 0.204 e. The number of amidine groups is 1. The molecule has 2 aliphatic heterocycles. The number of benzene rings is 2. The Morgan fingerprint density at radius 3 is 2.74 bits per heavy atom. The number of ketones is 1. The first-order valence-corrected chi connectivity index (χ1v) is 8.99. The molecule has 3 heterocycles. The van der Waals surface area contributed by atoms with Gasteiger partial charge in [0.05, 0.1) is 5.69 Å². The Hall–Kier alpha value is -2.99. The van der Waals surface area contributed by atoms with E-state index in [2.05, 4.69) is 4.98 Å². The number of fused-ring (bicyclic) bond motifs is 3. The zero-order valence-electron chi connectivity index (χ0n) is 15.4. The molecule has 2 aromatic carbocycles. The molecule has 5 rings (SSSR count). The van der Waals surface area contributed by atoms with Gasteiger partial charge in [0, 0.05) is 37.2 Å². The average Bonchev–Trinajstić information content (AvgIpc) is 3.16. The van der Waals surface area contributed by atoms with E-state index in [4.69, 9.17) is 9.41 Å². The summed E-state index contributed by atoms with van der Waals surface area (Å²) >= 11 is 0. The second kappa shape index (κ2) is 5.27. The quantitative estimate of drug-likeness (QED) is 0.716. The molecule has 0 spiro atoms. The normalized spacial score (nSPS) is 21.4. The second-order valence-electron chi connectivity index (χ2n) is 7.36. The highest BCUT2D eigenvalue weighted by atomic mass is 16.3. The summed E-state index contributed by atoms with van der Waals surface area (Å²) < 4.78 is 5.63. The van der Waals surface area contributed by atoms with Gasteiger partial charge in [0.1, 0.15) is 11.4 Å². The largest absolute Gasteiger partial charge is 0.441 e. The van der Waals surface area contributed by atoms with Gasteiger partial charge in [0.15, 0.2) is 17.1 Å². The standard InChI is InChI=1S/C21H19N3O3/c1-11-8-15-17(9-12(11)2)23-20-21(26,19(15)25)6-7-24(20)14-4-5-16-18(10-14)27-13(3)22-16/h4-5,8-10,26H,6-7H2,1-3H3/t21-/m1/s1. The van der Waals surface area contributed by atoms with E-state index in [0.29, 0.717) is 41.5 Å². The number of nitrogens with zero attached hydrogens (tertiary/aromatic N) is 3. The van der Waals surface area contributed by atoms with Gasteiger partial charge in [-0.1, -0.05) is 0 Å². The third kappa shape index (κ3) is 2.20. The Labute approximate surface area is 156 Å². The zero-order valence-corrected chi connectivity index (χ0v) is 15.4. The first-order valence-electron chi connectivity index (χ1n) is 8.99. The maximum atomic E-state index is 13.1. The number of Topliss-reactive ketones (excluding diaryl/α,β-unsaturated/α-hetero) is 1. The number of carbonyl (C=O) groups excluding carboxylic acids is 1. The number of oxazole rings is 1. The van der Waals surface area contributed by atoms with Crippen molar-refractivity contribution >= 4 is 34.1 Å². The lowest BCUT2D eigenvalue weighted by Gasteiger charge is -2.30. The van der Waals surface area contributed by atoms with Gasteiger partial charge in [-0.05, 0) is 49.2 Å². The summed E-state index contributed by atoms with van der Waals surface area (Å²) in [5, 5.41) is 11.2. The third-order valence-corrected chi connectivity index (χ3v) is 5.57. The van der Waals surface area contributed by atoms with Crippen molar-refractivity contribution in [2.24, 2.45) is 4.99 Å². The number of hydrogen-bond acceptors (Lipinski definition) is 6. The highest BCUT2D eigenvalue weighted by Crippen LogP contribution is 2.40. The van der Waals surface area contributed by atoms with Crippen LogP contribution < -0.4 is 4.90 Å². The van der Waals surface area contributed by atoms with Crippen LogP contribution in [0.3, 0.4) is 0 Å². The molecule has 0 radical (unpaired) electrons. The number of aromatic nitrogens is 1. The minimum absolute atomic E-state index is 0.273. The zero-order chi connectivity index (χ0) is 18.9. The van der Waals surface area contributed by atoms with E-state index in [0.717, 1.165) is 22.3 Å². The summed E-state index contributed by atoms with van der Waals surface area (Å²) in [5.74, 6) is 0.716. The SMILES string of the molecule is Cc1nc2ccc(N3CC[C@@]4(O)C(=O)c5cc(C)c(C)cc5N=C34)cc2o1. The molecule has 0 aliphatic carbocycles. The highest BCUT2D eigenvalue weighted by molar-refractivity contribution is 6.28. The van der Waals surface area contributed by atoms with Gasteiger partial charge in [-0.2, -0.15) is 0 Å². The molecule has 0 bridgehead atoms. The molecule has 1 N–H and O–H groups in total. The minimum Gasteiger partial charge on any atom is -0.441 e. The Kier molecular flexibility index (Phi) is 3.16. The van der Waals surface area contributed by atoms with Gasteiger partial charge in [-0.25, -0.2) is 9.98 Å². The predicted molar refractivity (Wildman–Crippen MR) is 103 cm³/mol. The molecule has 0 unspecified atom stereocenters. The van der Waals surface area contributed by atoms with Crippen LogP contribution >= 0.6 is 0 Å². The van der Waals surface area contributed by atoms with Crippen LogP contribution in [0, 0.1) is 20.8 Å². The van der Waals surface area contributed by atoms with Crippen molar-refractivity contribution in [3.05, 3.63) is 52.9 Å². The first-order chi connectivity index (χ1) is 12.9. The van der Waals surface area contributed by atoms with Gasteiger partial charge in [-0.3, -0.25) is 4.79 Å². The number of aliphatic imine (C=N–C) groups is 1. The summed E-state index contributed by atoms with van der Waals surface area (Å²) in [5.41, 5.74) is 3.90. The summed E-state index contributed by atoms with van der Waals surface area (Å²) in [7, 11) is 0. The molecule has 2 aliphatic rings. The molecule has 0 saturated carbocycles. The van der Waals surface area contributed by atoms with Crippen molar-refractivity contribution in [2.75, 3.05) is 11.4 Å². The van der Waals surface area contributed by atoms with E-state index in [1.807, 2.05) is 49.1 Å². The van der Waals surface area contributed by atoms with Crippen LogP contribution in [0.5, 0.6) is 0 Å². The molecule has 1 saturated heterocycles. The van der Waals surface area contributed by atoms with Crippen LogP contribution in [0.1, 0.15) is 33.8 Å². The van der Waals surface area contributed by atoms with Gasteiger partial charge in [-0.15, -0.1) is 0 Å². The van der Waals surface area contributed by atoms with Crippen molar-refractivity contribution in [1.82, 2.24) is 4.98 Å². The monoisotopic (exact) mass is 361 g/mol. The second-order valence-corrected chi connectivity index (χ2v) is 7.36. The van der Waals surface area contributed by atoms with Gasteiger partial charge in [0.25, 0.3) is 0 Å². The smallest absolute Gasteiger partial charge is 0.204 e. The van der Waals surface area contributed by atoms with Crippen LogP contribution in [-0.4, -0.2) is 33.9 Å². The van der Waals surface area contributed by atoms with Gasteiger partial charge >= 0.3 is 0 Å². The van der Waals surface area contributed by atoms with Crippen LogP contribution in [0.4, 0.5) is 11.4 Å². The molecule has 27 heavy (non-hydrogen) atoms. The lowest BCUT2D eigenvalue weighted by Crippen LogP contribution is -2.48. The molecule has 6 heteroatoms. The van der Waals surface area contributed by atoms with Crippen molar-refractivity contribution in [1.29, 1.82) is 0 Å². The fourth-order valence-corrected chi connectivity index (χ4v) is 3.94. The summed E-state index contributed by atoms with van der Waals surface area (Å²) in [6.07, 6.45) is 0.310. The molecule has 3 aromatic rings. The molecular formula is C21H19N3O3.